The van der Waals surface area contributed by atoms with Crippen molar-refractivity contribution in [3.05, 3.63) is 82.3 Å². The predicted molar refractivity (Wildman–Crippen MR) is 121 cm³/mol. The number of carbonyl (C=O) groups excluding carboxylic acids is 1. The van der Waals surface area contributed by atoms with Gasteiger partial charge in [0, 0.05) is 28.1 Å². The van der Waals surface area contributed by atoms with Crippen LogP contribution in [0.1, 0.15) is 27.4 Å². The molecule has 2 aromatic carbocycles. The first-order valence-electron chi connectivity index (χ1n) is 9.65. The highest BCUT2D eigenvalue weighted by molar-refractivity contribution is 7.83. The van der Waals surface area contributed by atoms with E-state index >= 15 is 0 Å². The van der Waals surface area contributed by atoms with Crippen molar-refractivity contribution in [2.75, 3.05) is 20.8 Å². The van der Waals surface area contributed by atoms with Crippen LogP contribution in [0, 0.1) is 0 Å². The molecule has 0 aliphatic heterocycles. The van der Waals surface area contributed by atoms with Gasteiger partial charge >= 0.3 is 0 Å². The minimum Gasteiger partial charge on any atom is -0.497 e. The number of halogens is 1. The van der Waals surface area contributed by atoms with Crippen LogP contribution in [0.15, 0.2) is 59.0 Å². The highest BCUT2D eigenvalue weighted by atomic mass is 35.5. The van der Waals surface area contributed by atoms with E-state index in [0.717, 1.165) is 22.6 Å². The lowest BCUT2D eigenvalue weighted by Gasteiger charge is -2.10. The molecule has 1 amide bonds. The van der Waals surface area contributed by atoms with Crippen molar-refractivity contribution in [3.63, 3.8) is 0 Å². The van der Waals surface area contributed by atoms with Crippen molar-refractivity contribution in [2.24, 2.45) is 0 Å². The van der Waals surface area contributed by atoms with E-state index in [1.54, 1.807) is 38.5 Å². The van der Waals surface area contributed by atoms with E-state index in [1.807, 2.05) is 30.3 Å². The first kappa shape index (κ1) is 22.9. The molecule has 0 saturated carbocycles. The lowest BCUT2D eigenvalue weighted by atomic mass is 10.1. The average molecular weight is 462 g/mol. The zero-order valence-electron chi connectivity index (χ0n) is 17.4. The molecule has 0 aliphatic rings. The molecular weight excluding hydrogens is 438 g/mol. The van der Waals surface area contributed by atoms with Crippen molar-refractivity contribution < 1.29 is 22.9 Å². The number of furan rings is 1. The van der Waals surface area contributed by atoms with Gasteiger partial charge in [-0.2, -0.15) is 0 Å². The smallest absolute Gasteiger partial charge is 0.287 e. The normalized spacial score (nSPS) is 11.7. The minimum atomic E-state index is -1.18. The summed E-state index contributed by atoms with van der Waals surface area (Å²) < 4.78 is 28.6. The number of nitrogens with one attached hydrogen (secondary N) is 1. The largest absolute Gasteiger partial charge is 0.497 e. The molecule has 0 unspecified atom stereocenters. The van der Waals surface area contributed by atoms with Gasteiger partial charge in [-0.3, -0.25) is 9.00 Å². The summed E-state index contributed by atoms with van der Waals surface area (Å²) in [4.78, 5) is 12.4. The quantitative estimate of drug-likeness (QED) is 0.485. The molecular formula is C23H24ClNO5S. The molecule has 164 valence electrons. The second kappa shape index (κ2) is 11.0. The van der Waals surface area contributed by atoms with Gasteiger partial charge in [-0.05, 0) is 60.0 Å². The van der Waals surface area contributed by atoms with Crippen molar-refractivity contribution in [1.82, 2.24) is 5.32 Å². The van der Waals surface area contributed by atoms with Crippen LogP contribution in [-0.2, 0) is 28.7 Å². The molecule has 6 nitrogen and oxygen atoms in total. The van der Waals surface area contributed by atoms with E-state index in [4.69, 9.17) is 25.5 Å². The summed E-state index contributed by atoms with van der Waals surface area (Å²) in [6.07, 6.45) is 0.573. The van der Waals surface area contributed by atoms with Gasteiger partial charge in [-0.15, -0.1) is 0 Å². The van der Waals surface area contributed by atoms with Crippen LogP contribution in [0.3, 0.4) is 0 Å². The molecule has 1 aromatic heterocycles. The number of methoxy groups -OCH3 is 2. The van der Waals surface area contributed by atoms with Gasteiger partial charge in [0.1, 0.15) is 17.3 Å². The Labute approximate surface area is 189 Å². The molecule has 31 heavy (non-hydrogen) atoms. The first-order chi connectivity index (χ1) is 15.0. The van der Waals surface area contributed by atoms with E-state index in [-0.39, 0.29) is 17.4 Å². The fraction of sp³-hybridized carbons (Fsp3) is 0.261. The Morgan fingerprint density at radius 1 is 1.06 bits per heavy atom. The molecule has 1 heterocycles. The summed E-state index contributed by atoms with van der Waals surface area (Å²) in [6.45, 7) is 0.402. The number of rotatable bonds is 10. The fourth-order valence-electron chi connectivity index (χ4n) is 3.07. The van der Waals surface area contributed by atoms with E-state index in [9.17, 15) is 9.00 Å². The Morgan fingerprint density at radius 3 is 2.65 bits per heavy atom. The molecule has 0 bridgehead atoms. The van der Waals surface area contributed by atoms with Gasteiger partial charge in [0.2, 0.25) is 0 Å². The summed E-state index contributed by atoms with van der Waals surface area (Å²) in [5, 5.41) is 3.44. The van der Waals surface area contributed by atoms with E-state index < -0.39 is 10.8 Å². The lowest BCUT2D eigenvalue weighted by Crippen LogP contribution is -2.25. The Kier molecular flexibility index (Phi) is 8.14. The average Bonchev–Trinajstić information content (AvgIpc) is 3.22. The molecule has 0 radical (unpaired) electrons. The third kappa shape index (κ3) is 6.60. The van der Waals surface area contributed by atoms with E-state index in [2.05, 4.69) is 5.32 Å². The highest BCUT2D eigenvalue weighted by Gasteiger charge is 2.14. The summed E-state index contributed by atoms with van der Waals surface area (Å²) in [6, 6.07) is 16.1. The minimum absolute atomic E-state index is 0.187. The number of carbonyl (C=O) groups is 1. The Bertz CT molecular complexity index is 1070. The summed E-state index contributed by atoms with van der Waals surface area (Å²) in [5.41, 5.74) is 1.82. The molecule has 0 aliphatic carbocycles. The standard InChI is InChI=1S/C23H24ClNO5S/c1-28-19-6-8-21(29-2)17(13-19)10-11-25-23(26)22-9-7-20(30-22)15-31(27)14-16-4-3-5-18(24)12-16/h3-9,12-13H,10-11,14-15H2,1-2H3,(H,25,26)/t31-/m0/s1. The number of hydrogen-bond acceptors (Lipinski definition) is 5. The second-order valence-corrected chi connectivity index (χ2v) is 8.70. The van der Waals surface area contributed by atoms with E-state index in [0.29, 0.717) is 29.5 Å². The molecule has 0 fully saturated rings. The third-order valence-corrected chi connectivity index (χ3v) is 6.07. The van der Waals surface area contributed by atoms with Gasteiger partial charge in [0.15, 0.2) is 5.76 Å². The maximum absolute atomic E-state index is 12.4. The van der Waals surface area contributed by atoms with Gasteiger partial charge in [-0.25, -0.2) is 0 Å². The molecule has 0 saturated heterocycles. The topological polar surface area (TPSA) is 77.8 Å². The fourth-order valence-corrected chi connectivity index (χ4v) is 4.41. The predicted octanol–water partition coefficient (Wildman–Crippen LogP) is 4.37. The third-order valence-electron chi connectivity index (χ3n) is 4.57. The highest BCUT2D eigenvalue weighted by Crippen LogP contribution is 2.24. The Hall–Kier alpha value is -2.77. The maximum atomic E-state index is 12.4. The zero-order chi connectivity index (χ0) is 22.2. The number of benzene rings is 2. The van der Waals surface area contributed by atoms with Crippen LogP contribution in [0.4, 0.5) is 0 Å². The van der Waals surface area contributed by atoms with Crippen molar-refractivity contribution in [2.45, 2.75) is 17.9 Å². The lowest BCUT2D eigenvalue weighted by molar-refractivity contribution is 0.0925. The van der Waals surface area contributed by atoms with Crippen LogP contribution in [0.25, 0.3) is 0 Å². The summed E-state index contributed by atoms with van der Waals surface area (Å²) in [7, 11) is 2.03. The maximum Gasteiger partial charge on any atom is 0.287 e. The van der Waals surface area contributed by atoms with Crippen LogP contribution < -0.4 is 14.8 Å². The Morgan fingerprint density at radius 2 is 1.90 bits per heavy atom. The van der Waals surface area contributed by atoms with Crippen LogP contribution >= 0.6 is 11.6 Å². The number of ether oxygens (including phenoxy) is 2. The molecule has 0 spiro atoms. The first-order valence-corrected chi connectivity index (χ1v) is 11.5. The van der Waals surface area contributed by atoms with Crippen LogP contribution in [0.2, 0.25) is 5.02 Å². The van der Waals surface area contributed by atoms with E-state index in [1.165, 1.54) is 0 Å². The summed E-state index contributed by atoms with van der Waals surface area (Å²) in [5.74, 6) is 2.41. The SMILES string of the molecule is COc1ccc(OC)c(CCNC(=O)c2ccc(C[S@@](=O)Cc3cccc(Cl)c3)o2)c1. The summed E-state index contributed by atoms with van der Waals surface area (Å²) >= 11 is 5.96. The zero-order valence-corrected chi connectivity index (χ0v) is 18.9. The van der Waals surface area contributed by atoms with Crippen LogP contribution in [-0.4, -0.2) is 30.9 Å². The molecule has 3 rings (SSSR count). The molecule has 1 N–H and O–H groups in total. The van der Waals surface area contributed by atoms with Crippen molar-refractivity contribution >= 4 is 28.3 Å². The monoisotopic (exact) mass is 461 g/mol. The molecule has 1 atom stereocenters. The second-order valence-electron chi connectivity index (χ2n) is 6.81. The van der Waals surface area contributed by atoms with Crippen molar-refractivity contribution in [1.29, 1.82) is 0 Å². The number of amides is 1. The van der Waals surface area contributed by atoms with Gasteiger partial charge < -0.3 is 19.2 Å². The van der Waals surface area contributed by atoms with Gasteiger partial charge in [0.25, 0.3) is 5.91 Å². The Balaban J connectivity index is 1.51. The van der Waals surface area contributed by atoms with Gasteiger partial charge in [-0.1, -0.05) is 23.7 Å². The molecule has 8 heteroatoms. The van der Waals surface area contributed by atoms with Crippen molar-refractivity contribution in [3.8, 4) is 11.5 Å². The number of hydrogen-bond donors (Lipinski definition) is 1. The van der Waals surface area contributed by atoms with Crippen LogP contribution in [0.5, 0.6) is 11.5 Å². The molecule has 3 aromatic rings. The van der Waals surface area contributed by atoms with Gasteiger partial charge in [0.05, 0.1) is 20.0 Å².